The molecule has 3 amide bonds. The van der Waals surface area contributed by atoms with Gasteiger partial charge in [-0.1, -0.05) is 12.1 Å². The molecule has 0 saturated carbocycles. The average Bonchev–Trinajstić information content (AvgIpc) is 2.66. The van der Waals surface area contributed by atoms with Gasteiger partial charge in [0.05, 0.1) is 0 Å². The molecule has 0 aliphatic carbocycles. The average molecular weight is 362 g/mol. The van der Waals surface area contributed by atoms with Crippen molar-refractivity contribution in [3.8, 4) is 0 Å². The highest BCUT2D eigenvalue weighted by Crippen LogP contribution is 2.20. The monoisotopic (exact) mass is 362 g/mol. The van der Waals surface area contributed by atoms with Crippen molar-refractivity contribution in [3.63, 3.8) is 0 Å². The van der Waals surface area contributed by atoms with Crippen molar-refractivity contribution in [3.05, 3.63) is 35.6 Å². The fraction of sp³-hybridized carbons (Fsp3) is 0.579. The van der Waals surface area contributed by atoms with Crippen LogP contribution in [-0.2, 0) is 11.3 Å². The van der Waals surface area contributed by atoms with Gasteiger partial charge in [0, 0.05) is 51.7 Å². The number of rotatable bonds is 3. The number of hydrogen-bond donors (Lipinski definition) is 1. The molecule has 6 nitrogen and oxygen atoms in total. The predicted octanol–water partition coefficient (Wildman–Crippen LogP) is 1.52. The van der Waals surface area contributed by atoms with Crippen LogP contribution in [0.1, 0.15) is 18.4 Å². The molecule has 0 bridgehead atoms. The molecule has 0 aromatic heterocycles. The normalized spacial score (nSPS) is 19.5. The molecule has 2 heterocycles. The van der Waals surface area contributed by atoms with E-state index in [4.69, 9.17) is 0 Å². The molecular formula is C19H27FN4O2. The van der Waals surface area contributed by atoms with Gasteiger partial charge in [-0.3, -0.25) is 4.79 Å². The summed E-state index contributed by atoms with van der Waals surface area (Å²) in [6.45, 7) is 4.91. The highest BCUT2D eigenvalue weighted by molar-refractivity contribution is 5.80. The minimum Gasteiger partial charge on any atom is -0.340 e. The number of likely N-dealkylation sites (tertiary alicyclic amines) is 1. The third-order valence-corrected chi connectivity index (χ3v) is 5.28. The van der Waals surface area contributed by atoms with Gasteiger partial charge in [-0.15, -0.1) is 0 Å². The number of nitrogens with zero attached hydrogens (tertiary/aromatic N) is 3. The van der Waals surface area contributed by atoms with Crippen LogP contribution in [0.25, 0.3) is 0 Å². The van der Waals surface area contributed by atoms with Gasteiger partial charge in [0.2, 0.25) is 5.91 Å². The van der Waals surface area contributed by atoms with E-state index in [1.54, 1.807) is 17.0 Å². The van der Waals surface area contributed by atoms with Crippen LogP contribution >= 0.6 is 0 Å². The minimum absolute atomic E-state index is 0.0191. The second-order valence-electron chi connectivity index (χ2n) is 7.18. The molecule has 1 aromatic carbocycles. The van der Waals surface area contributed by atoms with E-state index in [2.05, 4.69) is 17.3 Å². The Labute approximate surface area is 153 Å². The molecule has 2 aliphatic rings. The first kappa shape index (κ1) is 18.6. The molecule has 7 heteroatoms. The van der Waals surface area contributed by atoms with Crippen molar-refractivity contribution < 1.29 is 14.0 Å². The Kier molecular flexibility index (Phi) is 6.08. The third kappa shape index (κ3) is 4.72. The van der Waals surface area contributed by atoms with Crippen molar-refractivity contribution in [1.29, 1.82) is 0 Å². The Morgan fingerprint density at radius 2 is 1.77 bits per heavy atom. The largest absolute Gasteiger partial charge is 0.340 e. The fourth-order valence-corrected chi connectivity index (χ4v) is 3.55. The summed E-state index contributed by atoms with van der Waals surface area (Å²) in [4.78, 5) is 30.9. The third-order valence-electron chi connectivity index (χ3n) is 5.28. The highest BCUT2D eigenvalue weighted by Gasteiger charge is 2.31. The van der Waals surface area contributed by atoms with Gasteiger partial charge in [-0.25, -0.2) is 9.18 Å². The zero-order chi connectivity index (χ0) is 18.5. The number of carbonyl (C=O) groups excluding carboxylic acids is 2. The minimum atomic E-state index is -0.306. The van der Waals surface area contributed by atoms with E-state index in [9.17, 15) is 14.0 Å². The Morgan fingerprint density at radius 3 is 2.42 bits per heavy atom. The number of nitrogens with one attached hydrogen (secondary N) is 1. The first-order valence-electron chi connectivity index (χ1n) is 9.27. The summed E-state index contributed by atoms with van der Waals surface area (Å²) in [5, 5.41) is 2.83. The van der Waals surface area contributed by atoms with Crippen LogP contribution in [0.4, 0.5) is 9.18 Å². The van der Waals surface area contributed by atoms with E-state index in [1.165, 1.54) is 12.1 Å². The fourth-order valence-electron chi connectivity index (χ4n) is 3.55. The molecule has 2 fully saturated rings. The Morgan fingerprint density at radius 1 is 1.08 bits per heavy atom. The molecule has 0 radical (unpaired) electrons. The number of piperazine rings is 1. The van der Waals surface area contributed by atoms with Crippen LogP contribution in [0.5, 0.6) is 0 Å². The maximum Gasteiger partial charge on any atom is 0.317 e. The second-order valence-corrected chi connectivity index (χ2v) is 7.18. The SMILES string of the molecule is CN1CCN(C(=O)C2CCN(C(=O)NCc3cccc(F)c3)CC2)CC1. The van der Waals surface area contributed by atoms with Crippen LogP contribution in [0, 0.1) is 11.7 Å². The number of urea groups is 1. The van der Waals surface area contributed by atoms with Crippen LogP contribution in [0.3, 0.4) is 0 Å². The summed E-state index contributed by atoms with van der Waals surface area (Å²) in [7, 11) is 2.07. The number of benzene rings is 1. The number of hydrogen-bond acceptors (Lipinski definition) is 3. The second kappa shape index (κ2) is 8.49. The topological polar surface area (TPSA) is 55.9 Å². The standard InChI is InChI=1S/C19H27FN4O2/c1-22-9-11-23(12-10-22)18(25)16-5-7-24(8-6-16)19(26)21-14-15-3-2-4-17(20)13-15/h2-4,13,16H,5-12,14H2,1H3,(H,21,26). The van der Waals surface area contributed by atoms with Gasteiger partial charge in [0.1, 0.15) is 5.82 Å². The maximum atomic E-state index is 13.2. The van der Waals surface area contributed by atoms with Crippen LogP contribution in [0.15, 0.2) is 24.3 Å². The first-order valence-corrected chi connectivity index (χ1v) is 9.27. The number of likely N-dealkylation sites (N-methyl/N-ethyl adjacent to an activating group) is 1. The molecule has 0 spiro atoms. The summed E-state index contributed by atoms with van der Waals surface area (Å²) in [6.07, 6.45) is 1.41. The predicted molar refractivity (Wildman–Crippen MR) is 97.0 cm³/mol. The maximum absolute atomic E-state index is 13.2. The van der Waals surface area contributed by atoms with Crippen molar-refractivity contribution in [2.75, 3.05) is 46.3 Å². The lowest BCUT2D eigenvalue weighted by molar-refractivity contribution is -0.138. The summed E-state index contributed by atoms with van der Waals surface area (Å²) in [5.41, 5.74) is 0.735. The van der Waals surface area contributed by atoms with Crippen LogP contribution in [-0.4, -0.2) is 73.0 Å². The van der Waals surface area contributed by atoms with Crippen LogP contribution < -0.4 is 5.32 Å². The van der Waals surface area contributed by atoms with Gasteiger partial charge in [-0.2, -0.15) is 0 Å². The van der Waals surface area contributed by atoms with E-state index in [1.807, 2.05) is 4.90 Å². The van der Waals surface area contributed by atoms with Crippen molar-refractivity contribution >= 4 is 11.9 Å². The molecule has 2 saturated heterocycles. The number of halogens is 1. The molecule has 0 unspecified atom stereocenters. The van der Waals surface area contributed by atoms with Gasteiger partial charge in [0.25, 0.3) is 0 Å². The van der Waals surface area contributed by atoms with Crippen molar-refractivity contribution in [1.82, 2.24) is 20.0 Å². The summed E-state index contributed by atoms with van der Waals surface area (Å²) in [6, 6.07) is 6.06. The van der Waals surface area contributed by atoms with Gasteiger partial charge in [-0.05, 0) is 37.6 Å². The lowest BCUT2D eigenvalue weighted by atomic mass is 9.95. The Bertz CT molecular complexity index is 638. The van der Waals surface area contributed by atoms with Crippen molar-refractivity contribution in [2.24, 2.45) is 5.92 Å². The van der Waals surface area contributed by atoms with Gasteiger partial charge >= 0.3 is 6.03 Å². The first-order chi connectivity index (χ1) is 12.5. The summed E-state index contributed by atoms with van der Waals surface area (Å²) >= 11 is 0. The molecule has 1 N–H and O–H groups in total. The molecule has 1 aromatic rings. The molecule has 142 valence electrons. The zero-order valence-electron chi connectivity index (χ0n) is 15.3. The lowest BCUT2D eigenvalue weighted by Crippen LogP contribution is -2.51. The smallest absolute Gasteiger partial charge is 0.317 e. The molecule has 3 rings (SSSR count). The number of piperidine rings is 1. The molecule has 2 aliphatic heterocycles. The Balaban J connectivity index is 1.42. The van der Waals surface area contributed by atoms with Crippen LogP contribution in [0.2, 0.25) is 0 Å². The highest BCUT2D eigenvalue weighted by atomic mass is 19.1. The van der Waals surface area contributed by atoms with Crippen molar-refractivity contribution in [2.45, 2.75) is 19.4 Å². The Hall–Kier alpha value is -2.15. The van der Waals surface area contributed by atoms with Gasteiger partial charge < -0.3 is 20.0 Å². The van der Waals surface area contributed by atoms with E-state index in [-0.39, 0.29) is 23.7 Å². The molecule has 26 heavy (non-hydrogen) atoms. The number of carbonyl (C=O) groups is 2. The summed E-state index contributed by atoms with van der Waals surface area (Å²) in [5.74, 6) is -0.0522. The summed E-state index contributed by atoms with van der Waals surface area (Å²) < 4.78 is 13.2. The van der Waals surface area contributed by atoms with Gasteiger partial charge in [0.15, 0.2) is 0 Å². The quantitative estimate of drug-likeness (QED) is 0.887. The van der Waals surface area contributed by atoms with E-state index < -0.39 is 0 Å². The molecular weight excluding hydrogens is 335 g/mol. The lowest BCUT2D eigenvalue weighted by Gasteiger charge is -2.37. The molecule has 0 atom stereocenters. The van der Waals surface area contributed by atoms with E-state index in [0.717, 1.165) is 31.7 Å². The number of amides is 3. The van der Waals surface area contributed by atoms with E-state index >= 15 is 0 Å². The zero-order valence-corrected chi connectivity index (χ0v) is 15.3. The van der Waals surface area contributed by atoms with E-state index in [0.29, 0.717) is 32.5 Å².